The van der Waals surface area contributed by atoms with Crippen LogP contribution in [0.1, 0.15) is 16.7 Å². The van der Waals surface area contributed by atoms with Gasteiger partial charge in [-0.05, 0) is 64.3 Å². The zero-order chi connectivity index (χ0) is 20.1. The summed E-state index contributed by atoms with van der Waals surface area (Å²) in [6.07, 6.45) is 1.77. The van der Waals surface area contributed by atoms with E-state index >= 15 is 0 Å². The molecule has 0 bridgehead atoms. The number of benzene rings is 3. The van der Waals surface area contributed by atoms with E-state index < -0.39 is 0 Å². The van der Waals surface area contributed by atoms with Crippen molar-refractivity contribution in [3.8, 4) is 11.5 Å². The average Bonchev–Trinajstić information content (AvgIpc) is 2.69. The van der Waals surface area contributed by atoms with Crippen molar-refractivity contribution in [3.63, 3.8) is 0 Å². The molecule has 3 rings (SSSR count). The molecule has 0 spiro atoms. The highest BCUT2D eigenvalue weighted by atomic mass is 79.9. The van der Waals surface area contributed by atoms with Crippen LogP contribution in [0.3, 0.4) is 0 Å². The molecule has 144 valence electrons. The van der Waals surface area contributed by atoms with E-state index in [-0.39, 0.29) is 0 Å². The molecule has 28 heavy (non-hydrogen) atoms. The Morgan fingerprint density at radius 3 is 2.54 bits per heavy atom. The fraction of sp³-hybridized carbons (Fsp3) is 0.136. The Kier molecular flexibility index (Phi) is 7.00. The van der Waals surface area contributed by atoms with E-state index in [1.807, 2.05) is 61.5 Å². The van der Waals surface area contributed by atoms with Gasteiger partial charge in [-0.1, -0.05) is 47.5 Å². The summed E-state index contributed by atoms with van der Waals surface area (Å²) in [7, 11) is 1.60. The predicted octanol–water partition coefficient (Wildman–Crippen LogP) is 7.40. The molecule has 0 aliphatic carbocycles. The topological polar surface area (TPSA) is 30.8 Å². The lowest BCUT2D eigenvalue weighted by Gasteiger charge is -2.14. The maximum absolute atomic E-state index is 6.20. The lowest BCUT2D eigenvalue weighted by molar-refractivity contribution is 0.282. The van der Waals surface area contributed by atoms with Crippen LogP contribution in [0.4, 0.5) is 5.69 Å². The molecule has 0 atom stereocenters. The Morgan fingerprint density at radius 1 is 1.04 bits per heavy atom. The number of halogens is 3. The third kappa shape index (κ3) is 4.88. The van der Waals surface area contributed by atoms with Crippen LogP contribution in [0.25, 0.3) is 0 Å². The van der Waals surface area contributed by atoms with Crippen molar-refractivity contribution >= 4 is 51.0 Å². The van der Waals surface area contributed by atoms with Crippen molar-refractivity contribution in [3.05, 3.63) is 85.8 Å². The van der Waals surface area contributed by atoms with Gasteiger partial charge >= 0.3 is 0 Å². The summed E-state index contributed by atoms with van der Waals surface area (Å²) in [5.41, 5.74) is 3.53. The van der Waals surface area contributed by atoms with Crippen LogP contribution in [0.2, 0.25) is 10.0 Å². The number of hydrogen-bond donors (Lipinski definition) is 0. The molecule has 0 aromatic heterocycles. The van der Waals surface area contributed by atoms with Gasteiger partial charge in [0.05, 0.1) is 17.3 Å². The number of methoxy groups -OCH3 is 1. The van der Waals surface area contributed by atoms with Gasteiger partial charge in [-0.25, -0.2) is 0 Å². The van der Waals surface area contributed by atoms with Crippen molar-refractivity contribution in [2.45, 2.75) is 13.5 Å². The summed E-state index contributed by atoms with van der Waals surface area (Å²) in [4.78, 5) is 4.54. The molecule has 0 N–H and O–H groups in total. The molecule has 0 unspecified atom stereocenters. The molecule has 0 amide bonds. The summed E-state index contributed by atoms with van der Waals surface area (Å²) in [6, 6.07) is 17.0. The first-order valence-electron chi connectivity index (χ1n) is 8.52. The van der Waals surface area contributed by atoms with Crippen LogP contribution >= 0.6 is 39.1 Å². The Balaban J connectivity index is 1.84. The van der Waals surface area contributed by atoms with Crippen molar-refractivity contribution in [1.29, 1.82) is 0 Å². The smallest absolute Gasteiger partial charge is 0.175 e. The van der Waals surface area contributed by atoms with Crippen molar-refractivity contribution in [1.82, 2.24) is 0 Å². The van der Waals surface area contributed by atoms with Crippen LogP contribution in [-0.4, -0.2) is 13.3 Å². The summed E-state index contributed by atoms with van der Waals surface area (Å²) in [5.74, 6) is 1.21. The molecular formula is C22H18BrCl2NO2. The van der Waals surface area contributed by atoms with Crippen molar-refractivity contribution < 1.29 is 9.47 Å². The van der Waals surface area contributed by atoms with E-state index in [1.165, 1.54) is 0 Å². The van der Waals surface area contributed by atoms with Crippen LogP contribution in [-0.2, 0) is 6.61 Å². The SMILES string of the molecule is COc1cc(C=Nc2cccc(Cl)c2C)cc(Br)c1OCc1ccccc1Cl. The van der Waals surface area contributed by atoms with Gasteiger partial charge in [0, 0.05) is 21.8 Å². The molecule has 0 aliphatic rings. The minimum Gasteiger partial charge on any atom is -0.493 e. The predicted molar refractivity (Wildman–Crippen MR) is 120 cm³/mol. The van der Waals surface area contributed by atoms with Crippen molar-refractivity contribution in [2.75, 3.05) is 7.11 Å². The van der Waals surface area contributed by atoms with Crippen LogP contribution in [0, 0.1) is 6.92 Å². The maximum atomic E-state index is 6.20. The molecule has 6 heteroatoms. The summed E-state index contributed by atoms with van der Waals surface area (Å²) >= 11 is 15.9. The highest BCUT2D eigenvalue weighted by Gasteiger charge is 2.12. The van der Waals surface area contributed by atoms with E-state index in [0.717, 1.165) is 26.9 Å². The molecule has 0 heterocycles. The Labute approximate surface area is 183 Å². The monoisotopic (exact) mass is 477 g/mol. The van der Waals surface area contributed by atoms with Gasteiger partial charge in [-0.15, -0.1) is 0 Å². The van der Waals surface area contributed by atoms with E-state index in [1.54, 1.807) is 13.3 Å². The highest BCUT2D eigenvalue weighted by Crippen LogP contribution is 2.37. The summed E-state index contributed by atoms with van der Waals surface area (Å²) < 4.78 is 12.2. The van der Waals surface area contributed by atoms with Gasteiger partial charge in [0.25, 0.3) is 0 Å². The van der Waals surface area contributed by atoms with Crippen LogP contribution < -0.4 is 9.47 Å². The lowest BCUT2D eigenvalue weighted by atomic mass is 10.2. The van der Waals surface area contributed by atoms with Crippen LogP contribution in [0.5, 0.6) is 11.5 Å². The Hall–Kier alpha value is -2.01. The molecule has 3 aromatic rings. The largest absolute Gasteiger partial charge is 0.493 e. The zero-order valence-corrected chi connectivity index (χ0v) is 18.5. The van der Waals surface area contributed by atoms with Gasteiger partial charge in [0.2, 0.25) is 0 Å². The quantitative estimate of drug-likeness (QED) is 0.345. The molecular weight excluding hydrogens is 461 g/mol. The maximum Gasteiger partial charge on any atom is 0.175 e. The lowest BCUT2D eigenvalue weighted by Crippen LogP contribution is -2.00. The second kappa shape index (κ2) is 9.46. The molecule has 0 radical (unpaired) electrons. The fourth-order valence-electron chi connectivity index (χ4n) is 2.60. The third-order valence-electron chi connectivity index (χ3n) is 4.17. The minimum absolute atomic E-state index is 0.337. The fourth-order valence-corrected chi connectivity index (χ4v) is 3.53. The minimum atomic E-state index is 0.337. The van der Waals surface area contributed by atoms with Gasteiger partial charge in [0.1, 0.15) is 6.61 Å². The molecule has 0 saturated heterocycles. The van der Waals surface area contributed by atoms with Gasteiger partial charge in [-0.2, -0.15) is 0 Å². The van der Waals surface area contributed by atoms with E-state index in [2.05, 4.69) is 20.9 Å². The molecule has 0 saturated carbocycles. The first-order chi connectivity index (χ1) is 13.5. The van der Waals surface area contributed by atoms with Gasteiger partial charge in [0.15, 0.2) is 11.5 Å². The third-order valence-corrected chi connectivity index (χ3v) is 5.54. The van der Waals surface area contributed by atoms with E-state index in [9.17, 15) is 0 Å². The van der Waals surface area contributed by atoms with Crippen molar-refractivity contribution in [2.24, 2.45) is 4.99 Å². The Morgan fingerprint density at radius 2 is 1.79 bits per heavy atom. The van der Waals surface area contributed by atoms with Gasteiger partial charge in [-0.3, -0.25) is 4.99 Å². The first kappa shape index (κ1) is 20.7. The highest BCUT2D eigenvalue weighted by molar-refractivity contribution is 9.10. The number of hydrogen-bond acceptors (Lipinski definition) is 3. The molecule has 0 aliphatic heterocycles. The zero-order valence-electron chi connectivity index (χ0n) is 15.4. The van der Waals surface area contributed by atoms with Gasteiger partial charge < -0.3 is 9.47 Å². The second-order valence-electron chi connectivity index (χ2n) is 6.06. The molecule has 0 fully saturated rings. The molecule has 3 nitrogen and oxygen atoms in total. The number of aliphatic imine (C=N–C) groups is 1. The average molecular weight is 479 g/mol. The number of rotatable bonds is 6. The number of ether oxygens (including phenoxy) is 2. The normalized spacial score (nSPS) is 11.0. The van der Waals surface area contributed by atoms with E-state index in [0.29, 0.717) is 28.2 Å². The number of nitrogens with zero attached hydrogens (tertiary/aromatic N) is 1. The second-order valence-corrected chi connectivity index (χ2v) is 7.73. The van der Waals surface area contributed by atoms with E-state index in [4.69, 9.17) is 32.7 Å². The Bertz CT molecular complexity index is 1020. The first-order valence-corrected chi connectivity index (χ1v) is 10.1. The standard InChI is InChI=1S/C22H18BrCl2NO2/c1-14-18(24)8-5-9-20(14)26-12-15-10-17(23)22(21(11-15)27-2)28-13-16-6-3-4-7-19(16)25/h3-12H,13H2,1-2H3. The summed E-state index contributed by atoms with van der Waals surface area (Å²) in [5, 5.41) is 1.36. The molecule has 3 aromatic carbocycles. The summed E-state index contributed by atoms with van der Waals surface area (Å²) in [6.45, 7) is 2.28. The van der Waals surface area contributed by atoms with Crippen LogP contribution in [0.15, 0.2) is 64.1 Å².